The van der Waals surface area contributed by atoms with E-state index in [1.165, 1.54) is 25.4 Å². The Balaban J connectivity index is 2.10. The number of aromatic nitrogens is 2. The molecule has 2 N–H and O–H groups in total. The van der Waals surface area contributed by atoms with Crippen LogP contribution in [0.5, 0.6) is 0 Å². The molecule has 3 aromatic rings. The number of ether oxygens (including phenoxy) is 1. The third-order valence-electron chi connectivity index (χ3n) is 3.27. The minimum absolute atomic E-state index is 0.202. The van der Waals surface area contributed by atoms with Gasteiger partial charge in [0.05, 0.1) is 7.11 Å². The number of hydrazone groups is 1. The summed E-state index contributed by atoms with van der Waals surface area (Å²) in [5.41, 5.74) is 4.83. The van der Waals surface area contributed by atoms with Gasteiger partial charge in [0.15, 0.2) is 5.69 Å². The molecule has 0 aliphatic heterocycles. The van der Waals surface area contributed by atoms with Crippen molar-refractivity contribution in [2.24, 2.45) is 5.10 Å². The van der Waals surface area contributed by atoms with Gasteiger partial charge in [0.25, 0.3) is 0 Å². The van der Waals surface area contributed by atoms with Crippen molar-refractivity contribution in [2.45, 2.75) is 6.92 Å². The van der Waals surface area contributed by atoms with E-state index in [0.29, 0.717) is 10.7 Å². The molecule has 7 nitrogen and oxygen atoms in total. The number of carbonyl (C=O) groups excluding carboxylic acids is 2. The molecule has 24 heavy (non-hydrogen) atoms. The first-order valence-electron chi connectivity index (χ1n) is 7.05. The highest BCUT2D eigenvalue weighted by molar-refractivity contribution is 7.12. The fourth-order valence-electron chi connectivity index (χ4n) is 2.21. The van der Waals surface area contributed by atoms with E-state index in [2.05, 4.69) is 25.2 Å². The van der Waals surface area contributed by atoms with Crippen molar-refractivity contribution in [3.8, 4) is 0 Å². The minimum Gasteiger partial charge on any atom is -0.464 e. The number of benzene rings is 1. The molecule has 8 heteroatoms. The van der Waals surface area contributed by atoms with Crippen LogP contribution < -0.4 is 5.43 Å². The number of carbonyl (C=O) groups is 2. The standard InChI is InChI=1S/C16H14N4O3S/c1-9(21)19-20-14(15-18-13(8-24-15)16(22)23-2)11-7-17-12-6-4-3-5-10(11)12/h3-8,17H,1-2H3,(H,19,21)/b20-14-. The molecule has 2 heterocycles. The van der Waals surface area contributed by atoms with E-state index in [1.807, 2.05) is 24.3 Å². The SMILES string of the molecule is COC(=O)c1csc(/C(=N\NC(C)=O)c2c[nH]c3ccccc23)n1. The average Bonchev–Trinajstić information content (AvgIpc) is 3.22. The molecule has 0 spiro atoms. The summed E-state index contributed by atoms with van der Waals surface area (Å²) >= 11 is 1.25. The Morgan fingerprint density at radius 3 is 2.88 bits per heavy atom. The number of methoxy groups -OCH3 is 1. The minimum atomic E-state index is -0.518. The van der Waals surface area contributed by atoms with Gasteiger partial charge in [-0.25, -0.2) is 15.2 Å². The second kappa shape index (κ2) is 6.63. The van der Waals surface area contributed by atoms with Crippen LogP contribution in [-0.4, -0.2) is 34.7 Å². The number of nitrogens with zero attached hydrogens (tertiary/aromatic N) is 2. The summed E-state index contributed by atoms with van der Waals surface area (Å²) in [5.74, 6) is -0.813. The van der Waals surface area contributed by atoms with Gasteiger partial charge in [0.2, 0.25) is 5.91 Å². The number of rotatable bonds is 4. The normalized spacial score (nSPS) is 11.5. The topological polar surface area (TPSA) is 96.4 Å². The van der Waals surface area contributed by atoms with E-state index in [4.69, 9.17) is 0 Å². The largest absolute Gasteiger partial charge is 0.464 e. The van der Waals surface area contributed by atoms with Gasteiger partial charge in [-0.1, -0.05) is 18.2 Å². The van der Waals surface area contributed by atoms with Gasteiger partial charge in [0.1, 0.15) is 10.7 Å². The summed E-state index contributed by atoms with van der Waals surface area (Å²) < 4.78 is 4.68. The molecule has 122 valence electrons. The van der Waals surface area contributed by atoms with E-state index < -0.39 is 5.97 Å². The summed E-state index contributed by atoms with van der Waals surface area (Å²) in [5, 5.41) is 7.22. The van der Waals surface area contributed by atoms with Gasteiger partial charge in [-0.05, 0) is 6.07 Å². The van der Waals surface area contributed by atoms with Crippen molar-refractivity contribution >= 4 is 39.8 Å². The molecule has 1 amide bonds. The Kier molecular flexibility index (Phi) is 4.39. The van der Waals surface area contributed by atoms with Crippen LogP contribution in [0.2, 0.25) is 0 Å². The Hall–Kier alpha value is -3.00. The molecule has 0 atom stereocenters. The third-order valence-corrected chi connectivity index (χ3v) is 4.12. The van der Waals surface area contributed by atoms with Crippen LogP contribution in [0, 0.1) is 0 Å². The van der Waals surface area contributed by atoms with Crippen molar-refractivity contribution < 1.29 is 14.3 Å². The molecule has 3 rings (SSSR count). The summed E-state index contributed by atoms with van der Waals surface area (Å²) in [6.45, 7) is 1.37. The summed E-state index contributed by atoms with van der Waals surface area (Å²) in [4.78, 5) is 30.3. The molecule has 0 radical (unpaired) electrons. The number of esters is 1. The van der Waals surface area contributed by atoms with Gasteiger partial charge in [-0.2, -0.15) is 5.10 Å². The number of thiazole rings is 1. The lowest BCUT2D eigenvalue weighted by molar-refractivity contribution is -0.118. The predicted molar refractivity (Wildman–Crippen MR) is 91.2 cm³/mol. The Bertz CT molecular complexity index is 942. The lowest BCUT2D eigenvalue weighted by Crippen LogP contribution is -2.17. The smallest absolute Gasteiger partial charge is 0.357 e. The van der Waals surface area contributed by atoms with Crippen LogP contribution in [0.1, 0.15) is 28.0 Å². The zero-order valence-corrected chi connectivity index (χ0v) is 13.8. The van der Waals surface area contributed by atoms with Crippen molar-refractivity contribution in [3.05, 3.63) is 52.1 Å². The number of para-hydroxylation sites is 1. The maximum atomic E-state index is 11.6. The van der Waals surface area contributed by atoms with Crippen LogP contribution in [0.25, 0.3) is 10.9 Å². The number of aromatic amines is 1. The number of nitrogens with one attached hydrogen (secondary N) is 2. The first kappa shape index (κ1) is 15.9. The van der Waals surface area contributed by atoms with E-state index in [0.717, 1.165) is 16.5 Å². The number of H-pyrrole nitrogens is 1. The van der Waals surface area contributed by atoms with Gasteiger partial charge in [0, 0.05) is 35.0 Å². The van der Waals surface area contributed by atoms with E-state index in [1.54, 1.807) is 11.6 Å². The quantitative estimate of drug-likeness (QED) is 0.432. The monoisotopic (exact) mass is 342 g/mol. The van der Waals surface area contributed by atoms with E-state index in [-0.39, 0.29) is 11.6 Å². The van der Waals surface area contributed by atoms with E-state index in [9.17, 15) is 9.59 Å². The fraction of sp³-hybridized carbons (Fsp3) is 0.125. The fourth-order valence-corrected chi connectivity index (χ4v) is 3.00. The van der Waals surface area contributed by atoms with Crippen LogP contribution >= 0.6 is 11.3 Å². The first-order valence-corrected chi connectivity index (χ1v) is 7.93. The first-order chi connectivity index (χ1) is 11.6. The maximum Gasteiger partial charge on any atom is 0.357 e. The molecule has 0 saturated heterocycles. The van der Waals surface area contributed by atoms with Crippen molar-refractivity contribution in [1.29, 1.82) is 0 Å². The number of hydrogen-bond acceptors (Lipinski definition) is 6. The number of fused-ring (bicyclic) bond motifs is 1. The Morgan fingerprint density at radius 2 is 2.12 bits per heavy atom. The van der Waals surface area contributed by atoms with Gasteiger partial charge >= 0.3 is 5.97 Å². The average molecular weight is 342 g/mol. The Labute approximate surface area is 141 Å². The van der Waals surface area contributed by atoms with Gasteiger partial charge in [-0.3, -0.25) is 4.79 Å². The van der Waals surface area contributed by atoms with Crippen molar-refractivity contribution in [2.75, 3.05) is 7.11 Å². The molecule has 2 aromatic heterocycles. The molecule has 0 aliphatic carbocycles. The summed E-state index contributed by atoms with van der Waals surface area (Å²) in [6, 6.07) is 7.72. The third kappa shape index (κ3) is 3.04. The van der Waals surface area contributed by atoms with Crippen LogP contribution in [0.4, 0.5) is 0 Å². The predicted octanol–water partition coefficient (Wildman–Crippen LogP) is 2.30. The molecule has 0 fully saturated rings. The highest BCUT2D eigenvalue weighted by Gasteiger charge is 2.19. The zero-order valence-electron chi connectivity index (χ0n) is 13.0. The van der Waals surface area contributed by atoms with E-state index >= 15 is 0 Å². The zero-order chi connectivity index (χ0) is 17.1. The highest BCUT2D eigenvalue weighted by atomic mass is 32.1. The second-order valence-corrected chi connectivity index (χ2v) is 5.76. The number of amides is 1. The maximum absolute atomic E-state index is 11.6. The molecule has 0 bridgehead atoms. The van der Waals surface area contributed by atoms with Crippen molar-refractivity contribution in [3.63, 3.8) is 0 Å². The van der Waals surface area contributed by atoms with Crippen LogP contribution in [0.15, 0.2) is 40.9 Å². The molecular weight excluding hydrogens is 328 g/mol. The summed E-state index contributed by atoms with van der Waals surface area (Å²) in [7, 11) is 1.30. The Morgan fingerprint density at radius 1 is 1.33 bits per heavy atom. The van der Waals surface area contributed by atoms with Crippen LogP contribution in [-0.2, 0) is 9.53 Å². The van der Waals surface area contributed by atoms with Crippen molar-refractivity contribution in [1.82, 2.24) is 15.4 Å². The molecule has 0 aliphatic rings. The van der Waals surface area contributed by atoms with Crippen LogP contribution in [0.3, 0.4) is 0 Å². The summed E-state index contributed by atoms with van der Waals surface area (Å²) in [6.07, 6.45) is 1.80. The molecular formula is C16H14N4O3S. The second-order valence-electron chi connectivity index (χ2n) is 4.91. The lowest BCUT2D eigenvalue weighted by Gasteiger charge is -2.03. The molecule has 0 saturated carbocycles. The highest BCUT2D eigenvalue weighted by Crippen LogP contribution is 2.23. The van der Waals surface area contributed by atoms with Gasteiger partial charge < -0.3 is 9.72 Å². The number of hydrogen-bond donors (Lipinski definition) is 2. The lowest BCUT2D eigenvalue weighted by atomic mass is 10.1. The molecule has 1 aromatic carbocycles. The van der Waals surface area contributed by atoms with Gasteiger partial charge in [-0.15, -0.1) is 11.3 Å². The molecule has 0 unspecified atom stereocenters.